The summed E-state index contributed by atoms with van der Waals surface area (Å²) in [4.78, 5) is 38.2. The minimum atomic E-state index is -0.271. The highest BCUT2D eigenvalue weighted by atomic mass is 35.5. The standard InChI is InChI=1S/C11H8ClFOS.C11H9ClOS.C10H6Cl2OS/c1-6-2-8-10(3-9(6)13)15-5-7(4-12)11(8)14;1-7-2-3-10-9(4-7)11(13)8(5-12)6-14-10;11-4-6-5-14-9-2-1-7(12)3-8(9)10(6)13/h2-4H,5H2,1H3;2-5H,6H2,1H3;1-4H,5H2/b7-4+;8-5+;6-4+. The predicted molar refractivity (Wildman–Crippen MR) is 181 cm³/mol. The summed E-state index contributed by atoms with van der Waals surface area (Å²) in [5, 5.41) is 0.577. The zero-order valence-corrected chi connectivity index (χ0v) is 28.3. The lowest BCUT2D eigenvalue weighted by Gasteiger charge is -2.17. The quantitative estimate of drug-likeness (QED) is 0.216. The second kappa shape index (κ2) is 15.3. The molecule has 0 bridgehead atoms. The predicted octanol–water partition coefficient (Wildman–Crippen LogP) is 10.7. The molecule has 3 heterocycles. The Morgan fingerprint density at radius 2 is 1.07 bits per heavy atom. The molecule has 0 saturated heterocycles. The first-order valence-corrected chi connectivity index (χ1v) is 17.3. The molecule has 3 nitrogen and oxygen atoms in total. The fourth-order valence-electron chi connectivity index (χ4n) is 4.14. The number of ketones is 3. The van der Waals surface area contributed by atoms with Crippen molar-refractivity contribution >= 4 is 99.0 Å². The van der Waals surface area contributed by atoms with Gasteiger partial charge in [0.25, 0.3) is 0 Å². The molecule has 11 heteroatoms. The van der Waals surface area contributed by atoms with E-state index in [1.165, 1.54) is 34.4 Å². The van der Waals surface area contributed by atoms with Crippen molar-refractivity contribution in [2.24, 2.45) is 0 Å². The highest BCUT2D eigenvalue weighted by molar-refractivity contribution is 8.00. The number of hydrogen-bond donors (Lipinski definition) is 0. The number of Topliss-reactive ketones (excluding diaryl/α,β-unsaturated/α-hetero) is 3. The largest absolute Gasteiger partial charge is 0.289 e. The van der Waals surface area contributed by atoms with E-state index in [0.29, 0.717) is 60.6 Å². The molecule has 3 aromatic rings. The van der Waals surface area contributed by atoms with Crippen LogP contribution in [0.15, 0.2) is 96.5 Å². The van der Waals surface area contributed by atoms with Crippen molar-refractivity contribution < 1.29 is 18.8 Å². The average Bonchev–Trinajstić information content (AvgIpc) is 3.00. The van der Waals surface area contributed by atoms with Gasteiger partial charge in [0.05, 0.1) is 0 Å². The fourth-order valence-corrected chi connectivity index (χ4v) is 8.13. The first kappa shape index (κ1) is 33.9. The van der Waals surface area contributed by atoms with Gasteiger partial charge in [-0.15, -0.1) is 35.3 Å². The first-order chi connectivity index (χ1) is 20.6. The Kier molecular flexibility index (Phi) is 12.1. The van der Waals surface area contributed by atoms with Gasteiger partial charge in [0.15, 0.2) is 17.3 Å². The van der Waals surface area contributed by atoms with Gasteiger partial charge in [-0.25, -0.2) is 4.39 Å². The van der Waals surface area contributed by atoms with Crippen molar-refractivity contribution in [1.82, 2.24) is 0 Å². The van der Waals surface area contributed by atoms with Crippen LogP contribution in [0.4, 0.5) is 4.39 Å². The molecule has 0 fully saturated rings. The van der Waals surface area contributed by atoms with Crippen LogP contribution in [-0.2, 0) is 0 Å². The Hall–Kier alpha value is -1.97. The molecule has 0 spiro atoms. The van der Waals surface area contributed by atoms with Crippen molar-refractivity contribution in [3.63, 3.8) is 0 Å². The van der Waals surface area contributed by atoms with Gasteiger partial charge in [-0.3, -0.25) is 14.4 Å². The molecule has 43 heavy (non-hydrogen) atoms. The topological polar surface area (TPSA) is 51.2 Å². The summed E-state index contributed by atoms with van der Waals surface area (Å²) >= 11 is 27.2. The van der Waals surface area contributed by atoms with Crippen LogP contribution in [0.3, 0.4) is 0 Å². The number of fused-ring (bicyclic) bond motifs is 3. The average molecular weight is 713 g/mol. The molecular formula is C32H23Cl4FO3S3. The SMILES string of the molecule is Cc1cc2c(cc1F)SC/C(=C\Cl)C2=O.Cc1ccc2c(c1)C(=O)/C(=C/Cl)CS2.O=C1/C(=C/Cl)CSc2ccc(Cl)cc21. The fraction of sp³-hybridized carbons (Fsp3) is 0.156. The van der Waals surface area contributed by atoms with Gasteiger partial charge < -0.3 is 0 Å². The lowest BCUT2D eigenvalue weighted by molar-refractivity contribution is 0.102. The second-order valence-corrected chi connectivity index (χ2v) is 13.6. The molecule has 0 aromatic heterocycles. The molecule has 0 amide bonds. The summed E-state index contributed by atoms with van der Waals surface area (Å²) < 4.78 is 13.2. The van der Waals surface area contributed by atoms with Crippen LogP contribution in [0.5, 0.6) is 0 Å². The first-order valence-electron chi connectivity index (χ1n) is 12.7. The monoisotopic (exact) mass is 710 g/mol. The zero-order valence-electron chi connectivity index (χ0n) is 22.8. The maximum atomic E-state index is 13.2. The third-order valence-electron chi connectivity index (χ3n) is 6.49. The maximum absolute atomic E-state index is 13.2. The number of aryl methyl sites for hydroxylation is 2. The summed E-state index contributed by atoms with van der Waals surface area (Å²) in [6, 6.07) is 14.3. The highest BCUT2D eigenvalue weighted by Crippen LogP contribution is 2.36. The second-order valence-electron chi connectivity index (χ2n) is 9.49. The lowest BCUT2D eigenvalue weighted by Crippen LogP contribution is -2.12. The maximum Gasteiger partial charge on any atom is 0.191 e. The number of carbonyl (C=O) groups is 3. The highest BCUT2D eigenvalue weighted by Gasteiger charge is 2.24. The Labute approximate surface area is 282 Å². The number of hydrogen-bond acceptors (Lipinski definition) is 6. The van der Waals surface area contributed by atoms with Crippen LogP contribution < -0.4 is 0 Å². The van der Waals surface area contributed by atoms with Gasteiger partial charge in [0.1, 0.15) is 5.82 Å². The van der Waals surface area contributed by atoms with E-state index >= 15 is 0 Å². The van der Waals surface area contributed by atoms with E-state index in [-0.39, 0.29) is 23.2 Å². The van der Waals surface area contributed by atoms with E-state index in [0.717, 1.165) is 20.9 Å². The zero-order chi connectivity index (χ0) is 31.3. The molecule has 3 aliphatic heterocycles. The lowest BCUT2D eigenvalue weighted by atomic mass is 10.0. The Bertz CT molecular complexity index is 1630. The smallest absolute Gasteiger partial charge is 0.191 e. The van der Waals surface area contributed by atoms with Crippen LogP contribution in [-0.4, -0.2) is 34.6 Å². The number of thioether (sulfide) groups is 3. The van der Waals surface area contributed by atoms with Crippen LogP contribution >= 0.6 is 81.7 Å². The van der Waals surface area contributed by atoms with Crippen molar-refractivity contribution in [2.45, 2.75) is 28.5 Å². The van der Waals surface area contributed by atoms with E-state index in [1.54, 1.807) is 48.6 Å². The number of halogens is 5. The summed E-state index contributed by atoms with van der Waals surface area (Å²) in [6.07, 6.45) is 0. The summed E-state index contributed by atoms with van der Waals surface area (Å²) in [6.45, 7) is 3.63. The Morgan fingerprint density at radius 3 is 1.58 bits per heavy atom. The summed E-state index contributed by atoms with van der Waals surface area (Å²) in [5.41, 5.74) is 9.51. The Balaban J connectivity index is 0.000000148. The van der Waals surface area contributed by atoms with Crippen molar-refractivity contribution in [1.29, 1.82) is 0 Å². The minimum absolute atomic E-state index is 0.0174. The van der Waals surface area contributed by atoms with Crippen molar-refractivity contribution in [3.8, 4) is 0 Å². The van der Waals surface area contributed by atoms with Gasteiger partial charge >= 0.3 is 0 Å². The molecule has 3 aromatic carbocycles. The van der Waals surface area contributed by atoms with Gasteiger partial charge in [-0.05, 0) is 61.9 Å². The molecule has 6 rings (SSSR count). The number of carbonyl (C=O) groups excluding carboxylic acids is 3. The minimum Gasteiger partial charge on any atom is -0.289 e. The van der Waals surface area contributed by atoms with Gasteiger partial charge in [-0.2, -0.15) is 0 Å². The molecule has 3 aliphatic rings. The molecule has 0 aliphatic carbocycles. The van der Waals surface area contributed by atoms with E-state index < -0.39 is 0 Å². The van der Waals surface area contributed by atoms with E-state index in [1.807, 2.05) is 31.2 Å². The van der Waals surface area contributed by atoms with Crippen LogP contribution in [0.2, 0.25) is 5.02 Å². The molecule has 222 valence electrons. The van der Waals surface area contributed by atoms with Crippen LogP contribution in [0.1, 0.15) is 42.2 Å². The van der Waals surface area contributed by atoms with E-state index in [4.69, 9.17) is 46.4 Å². The van der Waals surface area contributed by atoms with Crippen molar-refractivity contribution in [3.05, 3.63) is 121 Å². The molecule has 0 unspecified atom stereocenters. The summed E-state index contributed by atoms with van der Waals surface area (Å²) in [5.74, 6) is 1.51. The number of rotatable bonds is 0. The molecule has 0 N–H and O–H groups in total. The Morgan fingerprint density at radius 1 is 0.628 bits per heavy atom. The summed E-state index contributed by atoms with van der Waals surface area (Å²) in [7, 11) is 0. The third kappa shape index (κ3) is 8.01. The van der Waals surface area contributed by atoms with E-state index in [2.05, 4.69) is 0 Å². The van der Waals surface area contributed by atoms with Crippen LogP contribution in [0, 0.1) is 19.7 Å². The molecule has 0 saturated carbocycles. The van der Waals surface area contributed by atoms with Crippen molar-refractivity contribution in [2.75, 3.05) is 17.3 Å². The molecule has 0 radical (unpaired) electrons. The molecular weight excluding hydrogens is 689 g/mol. The third-order valence-corrected chi connectivity index (χ3v) is 10.9. The molecule has 0 atom stereocenters. The van der Waals surface area contributed by atoms with Gasteiger partial charge in [-0.1, -0.05) is 58.0 Å². The van der Waals surface area contributed by atoms with Gasteiger partial charge in [0.2, 0.25) is 0 Å². The number of benzene rings is 3. The normalized spacial score (nSPS) is 18.3. The van der Waals surface area contributed by atoms with Gasteiger partial charge in [0, 0.05) is 87.0 Å². The van der Waals surface area contributed by atoms with E-state index in [9.17, 15) is 18.8 Å². The van der Waals surface area contributed by atoms with Crippen LogP contribution in [0.25, 0.3) is 0 Å².